The lowest BCUT2D eigenvalue weighted by Crippen LogP contribution is -2.24. The van der Waals surface area contributed by atoms with Gasteiger partial charge in [-0.1, -0.05) is 30.3 Å². The maximum absolute atomic E-state index is 4.57. The van der Waals surface area contributed by atoms with Gasteiger partial charge < -0.3 is 5.32 Å². The van der Waals surface area contributed by atoms with Crippen LogP contribution in [-0.2, 0) is 0 Å². The van der Waals surface area contributed by atoms with Gasteiger partial charge in [0.1, 0.15) is 5.84 Å². The fraction of sp³-hybridized carbons (Fsp3) is 0.111. The number of benzene rings is 1. The van der Waals surface area contributed by atoms with Crippen LogP contribution in [0.1, 0.15) is 17.2 Å². The summed E-state index contributed by atoms with van der Waals surface area (Å²) in [5.74, 6) is 1.63. The number of aliphatic imine (C=N–C) groups is 1. The summed E-state index contributed by atoms with van der Waals surface area (Å²) in [6.45, 7) is 0.686. The van der Waals surface area contributed by atoms with Gasteiger partial charge in [-0.3, -0.25) is 9.98 Å². The van der Waals surface area contributed by atoms with Gasteiger partial charge in [-0.2, -0.15) is 0 Å². The molecule has 1 unspecified atom stereocenters. The second-order valence-corrected chi connectivity index (χ2v) is 5.33. The van der Waals surface area contributed by atoms with E-state index in [-0.39, 0.29) is 6.04 Å². The molecule has 0 saturated carbocycles. The zero-order valence-corrected chi connectivity index (χ0v) is 12.4. The fourth-order valence-corrected chi connectivity index (χ4v) is 2.57. The highest BCUT2D eigenvalue weighted by atomic mass is 15.1. The van der Waals surface area contributed by atoms with Crippen molar-refractivity contribution in [2.24, 2.45) is 4.99 Å². The summed E-state index contributed by atoms with van der Waals surface area (Å²) in [5, 5.41) is 3.42. The second kappa shape index (κ2) is 5.96. The van der Waals surface area contributed by atoms with Gasteiger partial charge in [0.05, 0.1) is 12.6 Å². The predicted molar refractivity (Wildman–Crippen MR) is 89.0 cm³/mol. The van der Waals surface area contributed by atoms with Crippen LogP contribution in [0.25, 0.3) is 11.4 Å². The van der Waals surface area contributed by atoms with E-state index in [1.807, 2.05) is 54.9 Å². The molecule has 0 bridgehead atoms. The summed E-state index contributed by atoms with van der Waals surface area (Å²) >= 11 is 0. The average Bonchev–Trinajstić information content (AvgIpc) is 3.14. The Morgan fingerprint density at radius 2 is 1.61 bits per heavy atom. The van der Waals surface area contributed by atoms with Crippen molar-refractivity contribution >= 4 is 5.84 Å². The first-order chi connectivity index (χ1) is 11.4. The third kappa shape index (κ3) is 2.81. The van der Waals surface area contributed by atoms with E-state index >= 15 is 0 Å². The number of hydrogen-bond donors (Lipinski definition) is 1. The normalized spacial score (nSPS) is 16.7. The number of hydrogen-bond acceptors (Lipinski definition) is 5. The topological polar surface area (TPSA) is 63.1 Å². The van der Waals surface area contributed by atoms with Crippen molar-refractivity contribution in [3.63, 3.8) is 0 Å². The summed E-state index contributed by atoms with van der Waals surface area (Å²) in [6, 6.07) is 14.0. The Morgan fingerprint density at radius 1 is 0.870 bits per heavy atom. The Bertz CT molecular complexity index is 813. The van der Waals surface area contributed by atoms with Crippen LogP contribution in [0.2, 0.25) is 0 Å². The van der Waals surface area contributed by atoms with E-state index in [9.17, 15) is 0 Å². The van der Waals surface area contributed by atoms with Crippen LogP contribution in [0, 0.1) is 0 Å². The van der Waals surface area contributed by atoms with Crippen LogP contribution < -0.4 is 5.32 Å². The lowest BCUT2D eigenvalue weighted by molar-refractivity contribution is 0.701. The minimum Gasteiger partial charge on any atom is -0.361 e. The minimum absolute atomic E-state index is 0.114. The molecular formula is C18H15N5. The standard InChI is InChI=1S/C18H15N5/c1-2-4-13(5-3-1)17-20-10-15(11-21-17)16-12-22-18(23-16)14-6-8-19-9-7-14/h1-11,16H,12H2,(H,22,23). The van der Waals surface area contributed by atoms with Crippen molar-refractivity contribution in [2.75, 3.05) is 6.54 Å². The molecule has 0 fully saturated rings. The molecule has 0 radical (unpaired) electrons. The molecule has 0 spiro atoms. The Hall–Kier alpha value is -3.08. The first-order valence-corrected chi connectivity index (χ1v) is 7.49. The van der Waals surface area contributed by atoms with Crippen molar-refractivity contribution in [1.82, 2.24) is 20.3 Å². The number of nitrogens with zero attached hydrogens (tertiary/aromatic N) is 4. The molecule has 0 saturated heterocycles. The monoisotopic (exact) mass is 301 g/mol. The highest BCUT2D eigenvalue weighted by molar-refractivity contribution is 5.99. The van der Waals surface area contributed by atoms with Gasteiger partial charge in [0.2, 0.25) is 0 Å². The van der Waals surface area contributed by atoms with E-state index in [2.05, 4.69) is 25.3 Å². The summed E-state index contributed by atoms with van der Waals surface area (Å²) in [4.78, 5) is 17.6. The number of pyridine rings is 1. The molecule has 0 aliphatic carbocycles. The Morgan fingerprint density at radius 3 is 2.35 bits per heavy atom. The zero-order valence-electron chi connectivity index (χ0n) is 12.4. The van der Waals surface area contributed by atoms with E-state index in [0.29, 0.717) is 6.54 Å². The van der Waals surface area contributed by atoms with E-state index in [1.165, 1.54) is 0 Å². The van der Waals surface area contributed by atoms with Gasteiger partial charge in [-0.25, -0.2) is 9.97 Å². The van der Waals surface area contributed by atoms with Crippen molar-refractivity contribution in [1.29, 1.82) is 0 Å². The average molecular weight is 301 g/mol. The maximum Gasteiger partial charge on any atom is 0.159 e. The first kappa shape index (κ1) is 13.6. The maximum atomic E-state index is 4.57. The molecule has 5 nitrogen and oxygen atoms in total. The van der Waals surface area contributed by atoms with Gasteiger partial charge in [-0.15, -0.1) is 0 Å². The molecule has 2 aromatic heterocycles. The van der Waals surface area contributed by atoms with E-state index in [4.69, 9.17) is 0 Å². The Balaban J connectivity index is 1.50. The molecule has 3 heterocycles. The Labute approximate surface area is 134 Å². The van der Waals surface area contributed by atoms with Crippen molar-refractivity contribution in [3.05, 3.63) is 78.4 Å². The molecule has 1 aliphatic heterocycles. The molecule has 1 atom stereocenters. The van der Waals surface area contributed by atoms with Crippen LogP contribution in [0.3, 0.4) is 0 Å². The molecule has 112 valence electrons. The molecule has 1 aromatic carbocycles. The van der Waals surface area contributed by atoms with Crippen molar-refractivity contribution in [3.8, 4) is 11.4 Å². The summed E-state index contributed by atoms with van der Waals surface area (Å²) in [7, 11) is 0. The van der Waals surface area contributed by atoms with E-state index in [1.54, 1.807) is 12.4 Å². The largest absolute Gasteiger partial charge is 0.361 e. The first-order valence-electron chi connectivity index (χ1n) is 7.49. The lowest BCUT2D eigenvalue weighted by Gasteiger charge is -2.12. The van der Waals surface area contributed by atoms with Gasteiger partial charge >= 0.3 is 0 Å². The van der Waals surface area contributed by atoms with E-state index in [0.717, 1.165) is 28.4 Å². The molecule has 4 rings (SSSR count). The molecule has 3 aromatic rings. The molecule has 0 amide bonds. The number of aromatic nitrogens is 3. The number of amidine groups is 1. The van der Waals surface area contributed by atoms with Crippen LogP contribution in [0.15, 0.2) is 72.2 Å². The highest BCUT2D eigenvalue weighted by Crippen LogP contribution is 2.20. The summed E-state index contributed by atoms with van der Waals surface area (Å²) in [6.07, 6.45) is 7.28. The van der Waals surface area contributed by atoms with Crippen LogP contribution in [0.4, 0.5) is 0 Å². The van der Waals surface area contributed by atoms with Crippen LogP contribution in [0.5, 0.6) is 0 Å². The third-order valence-corrected chi connectivity index (χ3v) is 3.80. The molecular weight excluding hydrogens is 286 g/mol. The van der Waals surface area contributed by atoms with E-state index < -0.39 is 0 Å². The number of rotatable bonds is 3. The molecule has 1 aliphatic rings. The summed E-state index contributed by atoms with van der Waals surface area (Å²) < 4.78 is 0. The van der Waals surface area contributed by atoms with Crippen LogP contribution >= 0.6 is 0 Å². The molecule has 1 N–H and O–H groups in total. The van der Waals surface area contributed by atoms with Gasteiger partial charge in [0, 0.05) is 41.5 Å². The van der Waals surface area contributed by atoms with Crippen LogP contribution in [-0.4, -0.2) is 27.3 Å². The van der Waals surface area contributed by atoms with Gasteiger partial charge in [0.25, 0.3) is 0 Å². The second-order valence-electron chi connectivity index (χ2n) is 5.33. The van der Waals surface area contributed by atoms with Gasteiger partial charge in [-0.05, 0) is 12.1 Å². The fourth-order valence-electron chi connectivity index (χ4n) is 2.57. The zero-order chi connectivity index (χ0) is 15.5. The van der Waals surface area contributed by atoms with Crippen molar-refractivity contribution in [2.45, 2.75) is 6.04 Å². The third-order valence-electron chi connectivity index (χ3n) is 3.80. The molecule has 23 heavy (non-hydrogen) atoms. The molecule has 5 heteroatoms. The lowest BCUT2D eigenvalue weighted by atomic mass is 10.1. The van der Waals surface area contributed by atoms with Crippen molar-refractivity contribution < 1.29 is 0 Å². The quantitative estimate of drug-likeness (QED) is 0.808. The van der Waals surface area contributed by atoms with Gasteiger partial charge in [0.15, 0.2) is 5.82 Å². The number of nitrogens with one attached hydrogen (secondary N) is 1. The minimum atomic E-state index is 0.114. The Kier molecular flexibility index (Phi) is 3.52. The predicted octanol–water partition coefficient (Wildman–Crippen LogP) is 2.63. The smallest absolute Gasteiger partial charge is 0.159 e. The highest BCUT2D eigenvalue weighted by Gasteiger charge is 2.20. The summed E-state index contributed by atoms with van der Waals surface area (Å²) in [5.41, 5.74) is 3.11. The SMILES string of the molecule is c1ccc(-c2ncc(C3CN=C(c4ccncc4)N3)cn2)cc1.